The van der Waals surface area contributed by atoms with Gasteiger partial charge >= 0.3 is 0 Å². The van der Waals surface area contributed by atoms with Gasteiger partial charge in [-0.15, -0.1) is 0 Å². The third-order valence-corrected chi connectivity index (χ3v) is 5.72. The summed E-state index contributed by atoms with van der Waals surface area (Å²) in [6, 6.07) is 10.9. The van der Waals surface area contributed by atoms with Crippen LogP contribution in [0.2, 0.25) is 0 Å². The third-order valence-electron chi connectivity index (χ3n) is 5.72. The fourth-order valence-corrected chi connectivity index (χ4v) is 3.86. The molecule has 0 bridgehead atoms. The molecule has 2 aromatic heterocycles. The van der Waals surface area contributed by atoms with E-state index in [0.717, 1.165) is 37.6 Å². The van der Waals surface area contributed by atoms with Crippen molar-refractivity contribution in [2.45, 2.75) is 25.9 Å². The maximum atomic E-state index is 8.95. The largest absolute Gasteiger partial charge is 0.352 e. The molecule has 1 saturated heterocycles. The quantitative estimate of drug-likeness (QED) is 0.670. The lowest BCUT2D eigenvalue weighted by Gasteiger charge is -2.42. The summed E-state index contributed by atoms with van der Waals surface area (Å²) in [7, 11) is 1.98. The minimum atomic E-state index is 0.224. The molecular weight excluding hydrogens is 362 g/mol. The van der Waals surface area contributed by atoms with Crippen molar-refractivity contribution in [1.82, 2.24) is 24.6 Å². The highest BCUT2D eigenvalue weighted by atomic mass is 15.3. The lowest BCUT2D eigenvalue weighted by molar-refractivity contribution is 0.168. The van der Waals surface area contributed by atoms with Gasteiger partial charge in [0, 0.05) is 56.9 Å². The molecule has 0 aliphatic carbocycles. The van der Waals surface area contributed by atoms with Crippen LogP contribution in [0, 0.1) is 18.3 Å². The zero-order valence-electron chi connectivity index (χ0n) is 16.9. The van der Waals surface area contributed by atoms with Gasteiger partial charge in [0.15, 0.2) is 0 Å². The van der Waals surface area contributed by atoms with E-state index in [0.29, 0.717) is 6.42 Å². The molecule has 0 radical (unpaired) electrons. The van der Waals surface area contributed by atoms with Crippen LogP contribution in [0.3, 0.4) is 0 Å². The Morgan fingerprint density at radius 2 is 1.97 bits per heavy atom. The maximum Gasteiger partial charge on any atom is 0.147 e. The number of piperazine rings is 1. The summed E-state index contributed by atoms with van der Waals surface area (Å²) >= 11 is 0. The second-order valence-electron chi connectivity index (χ2n) is 7.45. The highest BCUT2D eigenvalue weighted by molar-refractivity contribution is 5.38. The van der Waals surface area contributed by atoms with Crippen LogP contribution in [0.5, 0.6) is 0 Å². The minimum absolute atomic E-state index is 0.224. The zero-order chi connectivity index (χ0) is 20.2. The molecule has 0 saturated carbocycles. The average Bonchev–Trinajstić information content (AvgIpc) is 3.08. The summed E-state index contributed by atoms with van der Waals surface area (Å²) in [6.07, 6.45) is 7.68. The molecule has 1 aliphatic rings. The monoisotopic (exact) mass is 387 g/mol. The van der Waals surface area contributed by atoms with Crippen LogP contribution in [-0.4, -0.2) is 44.3 Å². The van der Waals surface area contributed by atoms with Gasteiger partial charge in [-0.3, -0.25) is 14.6 Å². The molecule has 3 heterocycles. The third kappa shape index (κ3) is 4.13. The predicted molar refractivity (Wildman–Crippen MR) is 111 cm³/mol. The van der Waals surface area contributed by atoms with Gasteiger partial charge in [-0.25, -0.2) is 4.98 Å². The summed E-state index contributed by atoms with van der Waals surface area (Å²) < 4.78 is 1.93. The Morgan fingerprint density at radius 1 is 1.14 bits per heavy atom. The Bertz CT molecular complexity index is 988. The molecule has 148 valence electrons. The molecule has 0 amide bonds. The Hall–Kier alpha value is -3.24. The van der Waals surface area contributed by atoms with Crippen LogP contribution in [0.25, 0.3) is 0 Å². The minimum Gasteiger partial charge on any atom is -0.352 e. The summed E-state index contributed by atoms with van der Waals surface area (Å²) in [5.41, 5.74) is 4.75. The predicted octanol–water partition coefficient (Wildman–Crippen LogP) is 2.65. The van der Waals surface area contributed by atoms with Gasteiger partial charge in [0.05, 0.1) is 30.9 Å². The van der Waals surface area contributed by atoms with Gasteiger partial charge in [0.25, 0.3) is 0 Å². The first kappa shape index (κ1) is 19.1. The van der Waals surface area contributed by atoms with E-state index in [4.69, 9.17) is 5.26 Å². The number of aromatic nitrogens is 4. The first-order valence-electron chi connectivity index (χ1n) is 9.84. The molecule has 1 atom stereocenters. The first-order valence-corrected chi connectivity index (χ1v) is 9.84. The zero-order valence-corrected chi connectivity index (χ0v) is 16.9. The molecule has 3 aromatic rings. The fourth-order valence-electron chi connectivity index (χ4n) is 3.86. The fraction of sp³-hybridized carbons (Fsp3) is 0.364. The van der Waals surface area contributed by atoms with Crippen LogP contribution >= 0.6 is 0 Å². The molecule has 0 N–H and O–H groups in total. The Balaban J connectivity index is 1.61. The summed E-state index contributed by atoms with van der Waals surface area (Å²) in [5, 5.41) is 13.4. The molecule has 4 rings (SSSR count). The van der Waals surface area contributed by atoms with Crippen molar-refractivity contribution in [3.8, 4) is 6.07 Å². The molecule has 7 heteroatoms. The number of nitriles is 1. The number of hydrogen-bond donors (Lipinski definition) is 0. The average molecular weight is 387 g/mol. The number of benzene rings is 1. The van der Waals surface area contributed by atoms with E-state index in [1.807, 2.05) is 24.1 Å². The molecule has 1 aromatic carbocycles. The van der Waals surface area contributed by atoms with E-state index < -0.39 is 0 Å². The van der Waals surface area contributed by atoms with E-state index in [1.165, 1.54) is 16.8 Å². The van der Waals surface area contributed by atoms with Crippen LogP contribution in [0.4, 0.5) is 5.82 Å². The van der Waals surface area contributed by atoms with E-state index in [1.54, 1.807) is 12.4 Å². The van der Waals surface area contributed by atoms with Crippen LogP contribution < -0.4 is 4.90 Å². The maximum absolute atomic E-state index is 8.95. The van der Waals surface area contributed by atoms with E-state index in [9.17, 15) is 0 Å². The van der Waals surface area contributed by atoms with Gasteiger partial charge in [-0.05, 0) is 18.1 Å². The van der Waals surface area contributed by atoms with Gasteiger partial charge in [-0.2, -0.15) is 10.4 Å². The molecule has 0 spiro atoms. The van der Waals surface area contributed by atoms with Gasteiger partial charge < -0.3 is 4.90 Å². The smallest absolute Gasteiger partial charge is 0.147 e. The SMILES string of the molecule is Cc1c(CN2CCN(c3cnccn3)CC2c2ccc(CC#N)cc2)cnn1C. The Labute approximate surface area is 171 Å². The van der Waals surface area contributed by atoms with Crippen molar-refractivity contribution in [1.29, 1.82) is 5.26 Å². The normalized spacial score (nSPS) is 17.3. The molecule has 1 aliphatic heterocycles. The number of aryl methyl sites for hydroxylation is 1. The van der Waals surface area contributed by atoms with Crippen LogP contribution in [0.15, 0.2) is 49.1 Å². The van der Waals surface area contributed by atoms with E-state index in [-0.39, 0.29) is 6.04 Å². The highest BCUT2D eigenvalue weighted by Gasteiger charge is 2.29. The van der Waals surface area contributed by atoms with Crippen molar-refractivity contribution in [3.63, 3.8) is 0 Å². The van der Waals surface area contributed by atoms with E-state index in [2.05, 4.69) is 62.1 Å². The van der Waals surface area contributed by atoms with Gasteiger partial charge in [0.2, 0.25) is 0 Å². The molecule has 7 nitrogen and oxygen atoms in total. The molecule has 29 heavy (non-hydrogen) atoms. The van der Waals surface area contributed by atoms with Crippen molar-refractivity contribution in [3.05, 3.63) is 71.4 Å². The topological polar surface area (TPSA) is 73.9 Å². The standard InChI is InChI=1S/C22H25N7/c1-17-20(13-26-27(17)2)15-28-11-12-29(22-14-24-9-10-25-22)16-21(28)19-5-3-18(4-6-19)7-8-23/h3-6,9-10,13-14,21H,7,11-12,15-16H2,1-2H3. The van der Waals surface area contributed by atoms with Crippen LogP contribution in [0.1, 0.15) is 28.4 Å². The summed E-state index contributed by atoms with van der Waals surface area (Å²) in [4.78, 5) is 13.5. The highest BCUT2D eigenvalue weighted by Crippen LogP contribution is 2.29. The number of hydrogen-bond acceptors (Lipinski definition) is 6. The second-order valence-corrected chi connectivity index (χ2v) is 7.45. The lowest BCUT2D eigenvalue weighted by Crippen LogP contribution is -2.48. The molecular formula is C22H25N7. The second kappa shape index (κ2) is 8.41. The van der Waals surface area contributed by atoms with Gasteiger partial charge in [-0.1, -0.05) is 24.3 Å². The van der Waals surface area contributed by atoms with Crippen LogP contribution in [-0.2, 0) is 20.0 Å². The molecule has 1 fully saturated rings. The summed E-state index contributed by atoms with van der Waals surface area (Å²) in [5.74, 6) is 0.913. The van der Waals surface area contributed by atoms with E-state index >= 15 is 0 Å². The number of nitrogens with zero attached hydrogens (tertiary/aromatic N) is 7. The Kier molecular flexibility index (Phi) is 5.54. The Morgan fingerprint density at radius 3 is 2.62 bits per heavy atom. The van der Waals surface area contributed by atoms with Crippen molar-refractivity contribution >= 4 is 5.82 Å². The number of anilines is 1. The first-order chi connectivity index (χ1) is 14.2. The summed E-state index contributed by atoms with van der Waals surface area (Å²) in [6.45, 7) is 5.65. The lowest BCUT2D eigenvalue weighted by atomic mass is 9.99. The van der Waals surface area contributed by atoms with Gasteiger partial charge in [0.1, 0.15) is 5.82 Å². The molecule has 1 unspecified atom stereocenters. The van der Waals surface area contributed by atoms with Crippen molar-refractivity contribution in [2.24, 2.45) is 7.05 Å². The van der Waals surface area contributed by atoms with Crippen molar-refractivity contribution in [2.75, 3.05) is 24.5 Å². The van der Waals surface area contributed by atoms with Crippen molar-refractivity contribution < 1.29 is 0 Å². The number of rotatable bonds is 5.